The predicted octanol–water partition coefficient (Wildman–Crippen LogP) is 2.73. The van der Waals surface area contributed by atoms with Crippen molar-refractivity contribution >= 4 is 35.1 Å². The Balaban J connectivity index is 1.34. The van der Waals surface area contributed by atoms with Crippen LogP contribution in [0.1, 0.15) is 38.4 Å². The Morgan fingerprint density at radius 2 is 2.14 bits per heavy atom. The lowest BCUT2D eigenvalue weighted by Crippen LogP contribution is -2.42. The maximum absolute atomic E-state index is 13.8. The summed E-state index contributed by atoms with van der Waals surface area (Å²) >= 11 is 0. The summed E-state index contributed by atoms with van der Waals surface area (Å²) in [5, 5.41) is 6.66. The highest BCUT2D eigenvalue weighted by Gasteiger charge is 2.35. The van der Waals surface area contributed by atoms with E-state index in [9.17, 15) is 18.8 Å². The lowest BCUT2D eigenvalue weighted by molar-refractivity contribution is -0.164. The van der Waals surface area contributed by atoms with Crippen LogP contribution in [0.3, 0.4) is 0 Å². The van der Waals surface area contributed by atoms with Crippen molar-refractivity contribution in [3.63, 3.8) is 0 Å². The van der Waals surface area contributed by atoms with E-state index < -0.39 is 17.8 Å². The molecule has 1 fully saturated rings. The van der Waals surface area contributed by atoms with E-state index in [1.54, 1.807) is 38.4 Å². The standard InChI is InChI=1S/C25H22FN5O4/c1-13-20(9-18-17-8-16(26)5-6-19(17)29-23(18)32)28-14(2)22(13)24(33)30-21-12-35-31(25(21)34)11-15-4-3-7-27-10-15/h3-10,21,28H,11-12H2,1-2H3,(H,29,32)(H,30,33)/t21-/m1/s1. The number of nitrogens with one attached hydrogen (secondary N) is 3. The van der Waals surface area contributed by atoms with E-state index in [1.807, 2.05) is 6.07 Å². The number of benzene rings is 1. The smallest absolute Gasteiger partial charge is 0.271 e. The molecule has 0 saturated carbocycles. The van der Waals surface area contributed by atoms with Crippen LogP contribution in [0.2, 0.25) is 0 Å². The molecular formula is C25H22FN5O4. The number of nitrogens with zero attached hydrogens (tertiary/aromatic N) is 2. The number of amides is 3. The second kappa shape index (κ2) is 8.80. The van der Waals surface area contributed by atoms with Gasteiger partial charge in [0.25, 0.3) is 17.7 Å². The second-order valence-electron chi connectivity index (χ2n) is 8.42. The number of aryl methyl sites for hydroxylation is 1. The van der Waals surface area contributed by atoms with Crippen LogP contribution in [-0.4, -0.2) is 45.4 Å². The number of rotatable bonds is 5. The van der Waals surface area contributed by atoms with Crippen molar-refractivity contribution in [3.05, 3.63) is 82.2 Å². The summed E-state index contributed by atoms with van der Waals surface area (Å²) in [5.41, 5.74) is 4.16. The summed E-state index contributed by atoms with van der Waals surface area (Å²) in [6, 6.07) is 6.85. The minimum atomic E-state index is -0.829. The highest BCUT2D eigenvalue weighted by Crippen LogP contribution is 2.34. The molecule has 1 atom stereocenters. The summed E-state index contributed by atoms with van der Waals surface area (Å²) in [7, 11) is 0. The molecule has 10 heteroatoms. The minimum Gasteiger partial charge on any atom is -0.358 e. The van der Waals surface area contributed by atoms with Gasteiger partial charge < -0.3 is 15.6 Å². The summed E-state index contributed by atoms with van der Waals surface area (Å²) in [5.74, 6) is -1.60. The van der Waals surface area contributed by atoms with E-state index in [2.05, 4.69) is 20.6 Å². The van der Waals surface area contributed by atoms with Crippen molar-refractivity contribution in [2.75, 3.05) is 11.9 Å². The van der Waals surface area contributed by atoms with Crippen molar-refractivity contribution < 1.29 is 23.6 Å². The summed E-state index contributed by atoms with van der Waals surface area (Å²) in [4.78, 5) is 50.9. The van der Waals surface area contributed by atoms with E-state index >= 15 is 0 Å². The molecule has 3 N–H and O–H groups in total. The third-order valence-electron chi connectivity index (χ3n) is 6.05. The fourth-order valence-corrected chi connectivity index (χ4v) is 4.30. The Bertz CT molecular complexity index is 1380. The van der Waals surface area contributed by atoms with Gasteiger partial charge in [-0.2, -0.15) is 0 Å². The Morgan fingerprint density at radius 1 is 1.31 bits per heavy atom. The summed E-state index contributed by atoms with van der Waals surface area (Å²) in [6.07, 6.45) is 4.88. The number of fused-ring (bicyclic) bond motifs is 1. The van der Waals surface area contributed by atoms with Gasteiger partial charge in [-0.3, -0.25) is 24.2 Å². The average molecular weight is 475 g/mol. The van der Waals surface area contributed by atoms with Crippen LogP contribution in [0.5, 0.6) is 0 Å². The number of pyridine rings is 1. The Hall–Kier alpha value is -4.31. The van der Waals surface area contributed by atoms with Gasteiger partial charge in [0.1, 0.15) is 18.5 Å². The topological polar surface area (TPSA) is 116 Å². The molecule has 0 unspecified atom stereocenters. The van der Waals surface area contributed by atoms with Crippen molar-refractivity contribution in [3.8, 4) is 0 Å². The molecule has 35 heavy (non-hydrogen) atoms. The van der Waals surface area contributed by atoms with Gasteiger partial charge in [0.15, 0.2) is 0 Å². The minimum absolute atomic E-state index is 0.0206. The molecule has 9 nitrogen and oxygen atoms in total. The van der Waals surface area contributed by atoms with Crippen molar-refractivity contribution in [2.45, 2.75) is 26.4 Å². The number of hydrogen-bond acceptors (Lipinski definition) is 5. The SMILES string of the molecule is Cc1[nH]c(C=C2C(=O)Nc3ccc(F)cc32)c(C)c1C(=O)N[C@@H]1CON(Cc2cccnc2)C1=O. The molecule has 5 rings (SSSR count). The van der Waals surface area contributed by atoms with E-state index in [4.69, 9.17) is 4.84 Å². The molecule has 1 aromatic carbocycles. The number of anilines is 1. The van der Waals surface area contributed by atoms with Crippen LogP contribution >= 0.6 is 0 Å². The molecule has 1 saturated heterocycles. The largest absolute Gasteiger partial charge is 0.358 e. The van der Waals surface area contributed by atoms with Gasteiger partial charge in [-0.1, -0.05) is 6.07 Å². The lowest BCUT2D eigenvalue weighted by atomic mass is 10.0. The first-order chi connectivity index (χ1) is 16.8. The summed E-state index contributed by atoms with van der Waals surface area (Å²) < 4.78 is 13.8. The van der Waals surface area contributed by atoms with Crippen LogP contribution in [-0.2, 0) is 21.0 Å². The second-order valence-corrected chi connectivity index (χ2v) is 8.42. The number of hydroxylamine groups is 2. The zero-order chi connectivity index (χ0) is 24.7. The van der Waals surface area contributed by atoms with Gasteiger partial charge in [-0.05, 0) is 55.3 Å². The number of H-pyrrole nitrogens is 1. The Morgan fingerprint density at radius 3 is 2.91 bits per heavy atom. The molecular weight excluding hydrogens is 453 g/mol. The predicted molar refractivity (Wildman–Crippen MR) is 125 cm³/mol. The van der Waals surface area contributed by atoms with Gasteiger partial charge in [0.05, 0.1) is 17.7 Å². The first kappa shape index (κ1) is 22.5. The molecule has 2 aromatic heterocycles. The van der Waals surface area contributed by atoms with Crippen LogP contribution in [0.25, 0.3) is 11.6 Å². The molecule has 3 amide bonds. The van der Waals surface area contributed by atoms with Gasteiger partial charge in [0, 0.05) is 35.0 Å². The number of carbonyl (C=O) groups is 3. The molecule has 2 aliphatic heterocycles. The first-order valence-corrected chi connectivity index (χ1v) is 11.0. The zero-order valence-electron chi connectivity index (χ0n) is 19.0. The van der Waals surface area contributed by atoms with Crippen LogP contribution < -0.4 is 10.6 Å². The van der Waals surface area contributed by atoms with Gasteiger partial charge in [-0.25, -0.2) is 9.45 Å². The number of aromatic nitrogens is 2. The van der Waals surface area contributed by atoms with E-state index in [0.717, 1.165) is 5.56 Å². The highest BCUT2D eigenvalue weighted by molar-refractivity contribution is 6.34. The summed E-state index contributed by atoms with van der Waals surface area (Å²) in [6.45, 7) is 3.72. The molecule has 0 radical (unpaired) electrons. The zero-order valence-corrected chi connectivity index (χ0v) is 19.0. The normalized spacial score (nSPS) is 18.2. The number of carbonyl (C=O) groups excluding carboxylic acids is 3. The number of halogens is 1. The maximum Gasteiger partial charge on any atom is 0.271 e. The van der Waals surface area contributed by atoms with Gasteiger partial charge in [-0.15, -0.1) is 0 Å². The fraction of sp³-hybridized carbons (Fsp3) is 0.200. The quantitative estimate of drug-likeness (QED) is 0.491. The number of hydrogen-bond donors (Lipinski definition) is 3. The molecule has 4 heterocycles. The Kier molecular flexibility index (Phi) is 5.65. The van der Waals surface area contributed by atoms with Crippen LogP contribution in [0.15, 0.2) is 42.7 Å². The molecule has 178 valence electrons. The molecule has 0 spiro atoms. The van der Waals surface area contributed by atoms with Crippen LogP contribution in [0.4, 0.5) is 10.1 Å². The molecule has 0 bridgehead atoms. The third-order valence-corrected chi connectivity index (χ3v) is 6.05. The molecule has 2 aliphatic rings. The Labute approximate surface area is 199 Å². The first-order valence-electron chi connectivity index (χ1n) is 11.0. The number of aromatic amines is 1. The highest BCUT2D eigenvalue weighted by atomic mass is 19.1. The van der Waals surface area contributed by atoms with Crippen molar-refractivity contribution in [2.24, 2.45) is 0 Å². The molecule has 0 aliphatic carbocycles. The third kappa shape index (κ3) is 4.19. The fourth-order valence-electron chi connectivity index (χ4n) is 4.30. The monoisotopic (exact) mass is 475 g/mol. The van der Waals surface area contributed by atoms with E-state index in [0.29, 0.717) is 39.3 Å². The average Bonchev–Trinajstić information content (AvgIpc) is 3.43. The van der Waals surface area contributed by atoms with E-state index in [1.165, 1.54) is 23.3 Å². The van der Waals surface area contributed by atoms with Gasteiger partial charge in [0.2, 0.25) is 0 Å². The van der Waals surface area contributed by atoms with Crippen molar-refractivity contribution in [1.29, 1.82) is 0 Å². The van der Waals surface area contributed by atoms with Crippen molar-refractivity contribution in [1.82, 2.24) is 20.3 Å². The lowest BCUT2D eigenvalue weighted by Gasteiger charge is -2.14. The van der Waals surface area contributed by atoms with Gasteiger partial charge >= 0.3 is 0 Å². The van der Waals surface area contributed by atoms with E-state index in [-0.39, 0.29) is 25.0 Å². The maximum atomic E-state index is 13.8. The van der Waals surface area contributed by atoms with Crippen LogP contribution in [0, 0.1) is 19.7 Å². The molecule has 3 aromatic rings.